The van der Waals surface area contributed by atoms with Crippen LogP contribution in [-0.4, -0.2) is 58.8 Å². The first-order valence-corrected chi connectivity index (χ1v) is 9.74. The van der Waals surface area contributed by atoms with E-state index in [1.807, 2.05) is 0 Å². The Hall–Kier alpha value is -2.00. The van der Waals surface area contributed by atoms with Gasteiger partial charge in [0.15, 0.2) is 11.5 Å². The smallest absolute Gasteiger partial charge is 0.242 e. The molecule has 1 amide bonds. The molecule has 1 saturated heterocycles. The summed E-state index contributed by atoms with van der Waals surface area (Å²) in [5, 5.41) is 2.75. The Labute approximate surface area is 148 Å². The largest absolute Gasteiger partial charge is 0.493 e. The van der Waals surface area contributed by atoms with Crippen LogP contribution in [0, 0.1) is 0 Å². The average Bonchev–Trinajstić information content (AvgIpc) is 2.59. The first kappa shape index (κ1) is 19.3. The van der Waals surface area contributed by atoms with Gasteiger partial charge in [-0.2, -0.15) is 4.31 Å². The molecule has 140 valence electrons. The van der Waals surface area contributed by atoms with E-state index in [-0.39, 0.29) is 5.91 Å². The zero-order valence-corrected chi connectivity index (χ0v) is 15.7. The van der Waals surface area contributed by atoms with E-state index in [1.54, 1.807) is 12.1 Å². The van der Waals surface area contributed by atoms with Crippen LogP contribution < -0.4 is 19.5 Å². The summed E-state index contributed by atoms with van der Waals surface area (Å²) in [7, 11) is 1.01. The van der Waals surface area contributed by atoms with Crippen molar-refractivity contribution in [3.05, 3.63) is 12.1 Å². The van der Waals surface area contributed by atoms with Gasteiger partial charge < -0.3 is 19.5 Å². The quantitative estimate of drug-likeness (QED) is 0.813. The summed E-state index contributed by atoms with van der Waals surface area (Å²) in [5.41, 5.74) is 0.443. The van der Waals surface area contributed by atoms with E-state index in [0.717, 1.165) is 19.1 Å². The van der Waals surface area contributed by atoms with Crippen molar-refractivity contribution in [3.63, 3.8) is 0 Å². The molecule has 1 fully saturated rings. The second-order valence-corrected chi connectivity index (χ2v) is 7.72. The third-order valence-electron chi connectivity index (χ3n) is 4.11. The highest BCUT2D eigenvalue weighted by molar-refractivity contribution is 7.88. The van der Waals surface area contributed by atoms with Crippen LogP contribution in [-0.2, 0) is 14.8 Å². The molecule has 0 radical (unpaired) electrons. The Balaban J connectivity index is 2.27. The Kier molecular flexibility index (Phi) is 6.12. The molecule has 8 nitrogen and oxygen atoms in total. The van der Waals surface area contributed by atoms with Crippen molar-refractivity contribution >= 4 is 21.6 Å². The van der Waals surface area contributed by atoms with Crippen molar-refractivity contribution in [2.24, 2.45) is 0 Å². The van der Waals surface area contributed by atoms with E-state index in [4.69, 9.17) is 14.2 Å². The molecule has 25 heavy (non-hydrogen) atoms. The van der Waals surface area contributed by atoms with Crippen molar-refractivity contribution in [3.8, 4) is 17.2 Å². The van der Waals surface area contributed by atoms with Gasteiger partial charge in [-0.15, -0.1) is 0 Å². The summed E-state index contributed by atoms with van der Waals surface area (Å²) in [4.78, 5) is 12.6. The maximum Gasteiger partial charge on any atom is 0.242 e. The lowest BCUT2D eigenvalue weighted by atomic mass is 10.0. The third-order valence-corrected chi connectivity index (χ3v) is 5.40. The zero-order valence-electron chi connectivity index (χ0n) is 14.9. The van der Waals surface area contributed by atoms with Crippen molar-refractivity contribution in [2.75, 3.05) is 39.4 Å². The molecule has 0 spiro atoms. The number of hydrogen-bond donors (Lipinski definition) is 1. The topological polar surface area (TPSA) is 94.2 Å². The van der Waals surface area contributed by atoms with Gasteiger partial charge >= 0.3 is 0 Å². The van der Waals surface area contributed by atoms with Gasteiger partial charge in [-0.05, 0) is 12.8 Å². The number of benzene rings is 1. The molecule has 1 aromatic rings. The number of rotatable bonds is 6. The molecule has 1 heterocycles. The van der Waals surface area contributed by atoms with E-state index in [0.29, 0.717) is 35.9 Å². The third kappa shape index (κ3) is 4.35. The number of ether oxygens (including phenoxy) is 3. The van der Waals surface area contributed by atoms with Crippen LogP contribution >= 0.6 is 0 Å². The van der Waals surface area contributed by atoms with E-state index in [9.17, 15) is 13.2 Å². The molecule has 1 atom stereocenters. The maximum absolute atomic E-state index is 12.6. The number of piperidine rings is 1. The van der Waals surface area contributed by atoms with Crippen LogP contribution in [0.4, 0.5) is 5.69 Å². The molecule has 0 aliphatic carbocycles. The fraction of sp³-hybridized carbons (Fsp3) is 0.562. The van der Waals surface area contributed by atoms with Gasteiger partial charge in [0.25, 0.3) is 0 Å². The Morgan fingerprint density at radius 1 is 1.12 bits per heavy atom. The van der Waals surface area contributed by atoms with Gasteiger partial charge in [-0.3, -0.25) is 4.79 Å². The molecule has 0 aromatic heterocycles. The Morgan fingerprint density at radius 3 is 2.20 bits per heavy atom. The number of nitrogens with one attached hydrogen (secondary N) is 1. The monoisotopic (exact) mass is 372 g/mol. The number of methoxy groups -OCH3 is 3. The highest BCUT2D eigenvalue weighted by Gasteiger charge is 2.34. The van der Waals surface area contributed by atoms with Gasteiger partial charge in [0, 0.05) is 24.4 Å². The first-order chi connectivity index (χ1) is 11.8. The van der Waals surface area contributed by atoms with Gasteiger partial charge in [0.2, 0.25) is 21.7 Å². The Morgan fingerprint density at radius 2 is 1.72 bits per heavy atom. The number of carbonyl (C=O) groups excluding carboxylic acids is 1. The number of hydrogen-bond acceptors (Lipinski definition) is 6. The van der Waals surface area contributed by atoms with Gasteiger partial charge in [0.05, 0.1) is 27.6 Å². The predicted octanol–water partition coefficient (Wildman–Crippen LogP) is 1.46. The Bertz CT molecular complexity index is 709. The molecule has 2 rings (SSSR count). The highest BCUT2D eigenvalue weighted by atomic mass is 32.2. The van der Waals surface area contributed by atoms with E-state index in [2.05, 4.69) is 5.32 Å². The second kappa shape index (κ2) is 7.92. The average molecular weight is 372 g/mol. The van der Waals surface area contributed by atoms with Crippen LogP contribution in [0.1, 0.15) is 19.3 Å². The maximum atomic E-state index is 12.6. The van der Waals surface area contributed by atoms with E-state index >= 15 is 0 Å². The number of nitrogens with zero attached hydrogens (tertiary/aromatic N) is 1. The highest BCUT2D eigenvalue weighted by Crippen LogP contribution is 2.40. The number of sulfonamides is 1. The summed E-state index contributed by atoms with van der Waals surface area (Å²) in [5.74, 6) is 0.847. The van der Waals surface area contributed by atoms with Crippen molar-refractivity contribution in [2.45, 2.75) is 25.3 Å². The molecular formula is C16H24N2O6S. The number of carbonyl (C=O) groups is 1. The molecule has 0 bridgehead atoms. The summed E-state index contributed by atoms with van der Waals surface area (Å²) >= 11 is 0. The molecular weight excluding hydrogens is 348 g/mol. The minimum atomic E-state index is -3.45. The van der Waals surface area contributed by atoms with E-state index < -0.39 is 16.1 Å². The SMILES string of the molecule is COc1cc(NC(=O)C2CCCCN2S(C)(=O)=O)cc(OC)c1OC. The summed E-state index contributed by atoms with van der Waals surface area (Å²) in [6.45, 7) is 0.353. The lowest BCUT2D eigenvalue weighted by molar-refractivity contribution is -0.120. The van der Waals surface area contributed by atoms with E-state index in [1.165, 1.54) is 25.6 Å². The molecule has 1 aliphatic heterocycles. The van der Waals surface area contributed by atoms with Crippen LogP contribution in [0.25, 0.3) is 0 Å². The van der Waals surface area contributed by atoms with Gasteiger partial charge in [-0.25, -0.2) is 8.42 Å². The zero-order chi connectivity index (χ0) is 18.6. The molecule has 1 aliphatic rings. The van der Waals surface area contributed by atoms with Crippen LogP contribution in [0.3, 0.4) is 0 Å². The van der Waals surface area contributed by atoms with Gasteiger partial charge in [-0.1, -0.05) is 6.42 Å². The second-order valence-electron chi connectivity index (χ2n) is 5.79. The normalized spacial score (nSPS) is 18.5. The van der Waals surface area contributed by atoms with Crippen LogP contribution in [0.2, 0.25) is 0 Å². The lowest BCUT2D eigenvalue weighted by Crippen LogP contribution is -2.49. The first-order valence-electron chi connectivity index (χ1n) is 7.89. The van der Waals surface area contributed by atoms with Crippen molar-refractivity contribution < 1.29 is 27.4 Å². The minimum absolute atomic E-state index is 0.353. The van der Waals surface area contributed by atoms with Crippen LogP contribution in [0.5, 0.6) is 17.2 Å². The molecule has 1 unspecified atom stereocenters. The van der Waals surface area contributed by atoms with Crippen LogP contribution in [0.15, 0.2) is 12.1 Å². The lowest BCUT2D eigenvalue weighted by Gasteiger charge is -2.32. The minimum Gasteiger partial charge on any atom is -0.493 e. The number of anilines is 1. The van der Waals surface area contributed by atoms with Crippen molar-refractivity contribution in [1.82, 2.24) is 4.31 Å². The van der Waals surface area contributed by atoms with Crippen molar-refractivity contribution in [1.29, 1.82) is 0 Å². The number of amides is 1. The fourth-order valence-corrected chi connectivity index (χ4v) is 4.07. The fourth-order valence-electron chi connectivity index (χ4n) is 2.94. The standard InChI is InChI=1S/C16H24N2O6S/c1-22-13-9-11(10-14(23-2)15(13)24-3)17-16(19)12-7-5-6-8-18(12)25(4,20)21/h9-10,12H,5-8H2,1-4H3,(H,17,19). The molecule has 1 N–H and O–H groups in total. The molecule has 9 heteroatoms. The predicted molar refractivity (Wildman–Crippen MR) is 93.9 cm³/mol. The summed E-state index contributed by atoms with van der Waals surface area (Å²) in [6, 6.07) is 2.49. The summed E-state index contributed by atoms with van der Waals surface area (Å²) in [6.07, 6.45) is 3.17. The molecule has 0 saturated carbocycles. The summed E-state index contributed by atoms with van der Waals surface area (Å²) < 4.78 is 40.9. The van der Waals surface area contributed by atoms with Gasteiger partial charge in [0.1, 0.15) is 6.04 Å². The molecule has 1 aromatic carbocycles.